The number of aromatic nitrogens is 1. The van der Waals surface area contributed by atoms with E-state index >= 15 is 0 Å². The maximum atomic E-state index is 5.84. The van der Waals surface area contributed by atoms with E-state index in [1.807, 2.05) is 19.2 Å². The monoisotopic (exact) mass is 211 g/mol. The van der Waals surface area contributed by atoms with Crippen LogP contribution in [0.2, 0.25) is 5.15 Å². The van der Waals surface area contributed by atoms with Gasteiger partial charge in [-0.3, -0.25) is 0 Å². The number of hydrogen-bond donors (Lipinski definition) is 1. The van der Waals surface area contributed by atoms with Gasteiger partial charge in [-0.25, -0.2) is 4.98 Å². The van der Waals surface area contributed by atoms with Crippen LogP contribution in [0.25, 0.3) is 0 Å². The summed E-state index contributed by atoms with van der Waals surface area (Å²) in [6.45, 7) is 2.14. The summed E-state index contributed by atoms with van der Waals surface area (Å²) in [5, 5.41) is 3.85. The van der Waals surface area contributed by atoms with Crippen LogP contribution in [0.4, 0.5) is 5.69 Å². The van der Waals surface area contributed by atoms with Crippen molar-refractivity contribution in [2.45, 2.75) is 12.5 Å². The molecule has 0 radical (unpaired) electrons. The van der Waals surface area contributed by atoms with Gasteiger partial charge in [0.1, 0.15) is 5.15 Å². The van der Waals surface area contributed by atoms with Gasteiger partial charge in [0.2, 0.25) is 0 Å². The molecule has 14 heavy (non-hydrogen) atoms. The topological polar surface area (TPSA) is 28.2 Å². The molecule has 0 unspecified atom stereocenters. The van der Waals surface area contributed by atoms with E-state index in [0.29, 0.717) is 11.2 Å². The highest BCUT2D eigenvalue weighted by atomic mass is 35.5. The quantitative estimate of drug-likeness (QED) is 0.753. The smallest absolute Gasteiger partial charge is 0.131 e. The Morgan fingerprint density at radius 3 is 3.14 bits per heavy atom. The highest BCUT2D eigenvalue weighted by Gasteiger charge is 2.20. The average molecular weight is 212 g/mol. The van der Waals surface area contributed by atoms with Crippen LogP contribution in [-0.2, 0) is 0 Å². The summed E-state index contributed by atoms with van der Waals surface area (Å²) >= 11 is 5.84. The molecule has 1 aromatic heterocycles. The lowest BCUT2D eigenvalue weighted by Gasteiger charge is -2.18. The first-order valence-corrected chi connectivity index (χ1v) is 5.21. The minimum atomic E-state index is 0.565. The van der Waals surface area contributed by atoms with Crippen LogP contribution in [0.15, 0.2) is 18.3 Å². The highest BCUT2D eigenvalue weighted by molar-refractivity contribution is 6.29. The van der Waals surface area contributed by atoms with Crippen molar-refractivity contribution < 1.29 is 0 Å². The summed E-state index contributed by atoms with van der Waals surface area (Å²) in [4.78, 5) is 6.30. The van der Waals surface area contributed by atoms with Gasteiger partial charge in [0, 0.05) is 31.0 Å². The molecule has 0 amide bonds. The third-order valence-corrected chi connectivity index (χ3v) is 2.88. The molecular weight excluding hydrogens is 198 g/mol. The minimum absolute atomic E-state index is 0.565. The normalized spacial score (nSPS) is 21.6. The molecule has 1 aliphatic heterocycles. The SMILES string of the molecule is CN[C@@H]1CCN(c2ccnc(Cl)c2)C1. The average Bonchev–Trinajstić information content (AvgIpc) is 2.66. The number of likely N-dealkylation sites (N-methyl/N-ethyl adjacent to an activating group) is 1. The van der Waals surface area contributed by atoms with E-state index in [9.17, 15) is 0 Å². The van der Waals surface area contributed by atoms with Gasteiger partial charge in [0.05, 0.1) is 0 Å². The molecule has 76 valence electrons. The molecule has 4 heteroatoms. The molecule has 0 saturated carbocycles. The molecule has 2 rings (SSSR count). The molecule has 1 aromatic rings. The summed E-state index contributed by atoms with van der Waals surface area (Å²) in [5.74, 6) is 0. The first-order valence-electron chi connectivity index (χ1n) is 4.83. The molecule has 2 heterocycles. The third kappa shape index (κ3) is 1.99. The van der Waals surface area contributed by atoms with Crippen LogP contribution in [-0.4, -0.2) is 31.2 Å². The van der Waals surface area contributed by atoms with Crippen molar-refractivity contribution in [2.75, 3.05) is 25.0 Å². The van der Waals surface area contributed by atoms with Crippen molar-refractivity contribution >= 4 is 17.3 Å². The van der Waals surface area contributed by atoms with Crippen molar-refractivity contribution in [3.8, 4) is 0 Å². The van der Waals surface area contributed by atoms with Crippen LogP contribution >= 0.6 is 11.6 Å². The van der Waals surface area contributed by atoms with E-state index < -0.39 is 0 Å². The van der Waals surface area contributed by atoms with Gasteiger partial charge in [0.15, 0.2) is 0 Å². The molecule has 1 aliphatic rings. The van der Waals surface area contributed by atoms with E-state index in [2.05, 4.69) is 15.2 Å². The standard InChI is InChI=1S/C10H14ClN3/c1-12-8-3-5-14(7-8)9-2-4-13-10(11)6-9/h2,4,6,8,12H,3,5,7H2,1H3/t8-/m1/s1. The lowest BCUT2D eigenvalue weighted by Crippen LogP contribution is -2.29. The Labute approximate surface area is 89.1 Å². The molecule has 3 nitrogen and oxygen atoms in total. The fourth-order valence-corrected chi connectivity index (χ4v) is 1.99. The molecule has 0 aromatic carbocycles. The van der Waals surface area contributed by atoms with Crippen molar-refractivity contribution in [3.05, 3.63) is 23.5 Å². The second-order valence-electron chi connectivity index (χ2n) is 3.56. The lowest BCUT2D eigenvalue weighted by molar-refractivity contribution is 0.617. The van der Waals surface area contributed by atoms with E-state index in [0.717, 1.165) is 13.1 Å². The Morgan fingerprint density at radius 1 is 1.64 bits per heavy atom. The number of nitrogens with one attached hydrogen (secondary N) is 1. The van der Waals surface area contributed by atoms with Crippen LogP contribution < -0.4 is 10.2 Å². The Bertz CT molecular complexity index is 316. The maximum Gasteiger partial charge on any atom is 0.131 e. The number of pyridine rings is 1. The fraction of sp³-hybridized carbons (Fsp3) is 0.500. The molecule has 0 spiro atoms. The zero-order valence-electron chi connectivity index (χ0n) is 8.20. The first-order chi connectivity index (χ1) is 6.79. The summed E-state index contributed by atoms with van der Waals surface area (Å²) < 4.78 is 0. The second kappa shape index (κ2) is 4.15. The van der Waals surface area contributed by atoms with E-state index in [-0.39, 0.29) is 0 Å². The van der Waals surface area contributed by atoms with Gasteiger partial charge in [-0.15, -0.1) is 0 Å². The third-order valence-electron chi connectivity index (χ3n) is 2.67. The summed E-state index contributed by atoms with van der Waals surface area (Å²) in [5.41, 5.74) is 1.17. The summed E-state index contributed by atoms with van der Waals surface area (Å²) in [6.07, 6.45) is 2.95. The van der Waals surface area contributed by atoms with Crippen LogP contribution in [0.3, 0.4) is 0 Å². The zero-order valence-corrected chi connectivity index (χ0v) is 8.96. The number of rotatable bonds is 2. The highest BCUT2D eigenvalue weighted by Crippen LogP contribution is 2.21. The number of nitrogens with zero attached hydrogens (tertiary/aromatic N) is 2. The Kier molecular flexibility index (Phi) is 2.89. The lowest BCUT2D eigenvalue weighted by atomic mass is 10.3. The summed E-state index contributed by atoms with van der Waals surface area (Å²) in [7, 11) is 2.01. The van der Waals surface area contributed by atoms with Crippen LogP contribution in [0.5, 0.6) is 0 Å². The Balaban J connectivity index is 2.09. The van der Waals surface area contributed by atoms with Gasteiger partial charge in [-0.2, -0.15) is 0 Å². The second-order valence-corrected chi connectivity index (χ2v) is 3.94. The fourth-order valence-electron chi connectivity index (χ4n) is 1.82. The number of hydrogen-bond acceptors (Lipinski definition) is 3. The van der Waals surface area contributed by atoms with Crippen LogP contribution in [0, 0.1) is 0 Å². The van der Waals surface area contributed by atoms with Gasteiger partial charge >= 0.3 is 0 Å². The molecule has 1 N–H and O–H groups in total. The molecule has 1 atom stereocenters. The summed E-state index contributed by atoms with van der Waals surface area (Å²) in [6, 6.07) is 4.52. The first kappa shape index (κ1) is 9.74. The minimum Gasteiger partial charge on any atom is -0.370 e. The van der Waals surface area contributed by atoms with Gasteiger partial charge in [0.25, 0.3) is 0 Å². The van der Waals surface area contributed by atoms with Crippen molar-refractivity contribution in [3.63, 3.8) is 0 Å². The molecule has 1 fully saturated rings. The maximum absolute atomic E-state index is 5.84. The molecule has 0 bridgehead atoms. The van der Waals surface area contributed by atoms with Crippen molar-refractivity contribution in [1.29, 1.82) is 0 Å². The van der Waals surface area contributed by atoms with E-state index in [4.69, 9.17) is 11.6 Å². The molecular formula is C10H14ClN3. The number of halogens is 1. The Hall–Kier alpha value is -0.800. The van der Waals surface area contributed by atoms with Crippen molar-refractivity contribution in [1.82, 2.24) is 10.3 Å². The molecule has 1 saturated heterocycles. The van der Waals surface area contributed by atoms with E-state index in [1.165, 1.54) is 12.1 Å². The van der Waals surface area contributed by atoms with E-state index in [1.54, 1.807) is 6.20 Å². The largest absolute Gasteiger partial charge is 0.370 e. The molecule has 0 aliphatic carbocycles. The van der Waals surface area contributed by atoms with Gasteiger partial charge in [-0.05, 0) is 25.6 Å². The van der Waals surface area contributed by atoms with Gasteiger partial charge < -0.3 is 10.2 Å². The van der Waals surface area contributed by atoms with Gasteiger partial charge in [-0.1, -0.05) is 11.6 Å². The predicted octanol–water partition coefficient (Wildman–Crippen LogP) is 1.53. The number of anilines is 1. The zero-order chi connectivity index (χ0) is 9.97. The predicted molar refractivity (Wildman–Crippen MR) is 58.9 cm³/mol. The van der Waals surface area contributed by atoms with Crippen molar-refractivity contribution in [2.24, 2.45) is 0 Å². The Morgan fingerprint density at radius 2 is 2.50 bits per heavy atom. The van der Waals surface area contributed by atoms with Crippen LogP contribution in [0.1, 0.15) is 6.42 Å².